The normalized spacial score (nSPS) is 21.4. The molecule has 28 heavy (non-hydrogen) atoms. The smallest absolute Gasteiger partial charge is 0.418 e. The number of benzene rings is 1. The first kappa shape index (κ1) is 18.5. The number of hydrogen-bond acceptors (Lipinski definition) is 3. The molecule has 1 saturated heterocycles. The van der Waals surface area contributed by atoms with Gasteiger partial charge in [0.1, 0.15) is 6.61 Å². The number of ether oxygens (including phenoxy) is 1. The second-order valence-corrected chi connectivity index (χ2v) is 7.04. The van der Waals surface area contributed by atoms with Crippen LogP contribution in [0.3, 0.4) is 0 Å². The van der Waals surface area contributed by atoms with Gasteiger partial charge in [0, 0.05) is 12.2 Å². The minimum atomic E-state index is -4.46. The summed E-state index contributed by atoms with van der Waals surface area (Å²) >= 11 is 0. The summed E-state index contributed by atoms with van der Waals surface area (Å²) in [5.74, 6) is 0. The molecule has 2 unspecified atom stereocenters. The maximum absolute atomic E-state index is 13.3. The molecule has 1 aromatic carbocycles. The monoisotopic (exact) mass is 388 g/mol. The standard InChI is InChI=1S/C21H19F3N2O2/c22-21(23,24)18-7-4-10-25-19(18)15-11-16-8-9-17(12-15)26(16)20(27)28-13-14-5-2-1-3-6-14/h1-7,10-11,16-17H,8-9,12-13H2. The average molecular weight is 388 g/mol. The third-order valence-corrected chi connectivity index (χ3v) is 5.23. The van der Waals surface area contributed by atoms with Crippen LogP contribution in [0, 0.1) is 0 Å². The number of pyridine rings is 1. The van der Waals surface area contributed by atoms with Crippen LogP contribution in [0.5, 0.6) is 0 Å². The molecule has 1 amide bonds. The van der Waals surface area contributed by atoms with Crippen LogP contribution in [0.4, 0.5) is 18.0 Å². The first-order valence-corrected chi connectivity index (χ1v) is 9.16. The van der Waals surface area contributed by atoms with E-state index in [-0.39, 0.29) is 24.4 Å². The maximum atomic E-state index is 13.3. The van der Waals surface area contributed by atoms with Gasteiger partial charge in [-0.05, 0) is 42.5 Å². The van der Waals surface area contributed by atoms with Crippen LogP contribution in [-0.4, -0.2) is 28.1 Å². The van der Waals surface area contributed by atoms with Crippen LogP contribution in [-0.2, 0) is 17.5 Å². The molecule has 3 heterocycles. The molecule has 7 heteroatoms. The molecule has 0 aliphatic carbocycles. The van der Waals surface area contributed by atoms with E-state index in [1.165, 1.54) is 12.3 Å². The maximum Gasteiger partial charge on any atom is 0.418 e. The Morgan fingerprint density at radius 1 is 1.14 bits per heavy atom. The van der Waals surface area contributed by atoms with Crippen LogP contribution >= 0.6 is 0 Å². The summed E-state index contributed by atoms with van der Waals surface area (Å²) in [6.07, 6.45) is 0.0104. The molecule has 1 aromatic heterocycles. The van der Waals surface area contributed by atoms with Gasteiger partial charge in [-0.2, -0.15) is 13.2 Å². The molecule has 4 nitrogen and oxygen atoms in total. The van der Waals surface area contributed by atoms with Gasteiger partial charge in [0.15, 0.2) is 0 Å². The molecular formula is C21H19F3N2O2. The lowest BCUT2D eigenvalue weighted by Crippen LogP contribution is -2.43. The molecule has 0 saturated carbocycles. The predicted octanol–water partition coefficient (Wildman–Crippen LogP) is 5.06. The molecule has 2 atom stereocenters. The van der Waals surface area contributed by atoms with E-state index >= 15 is 0 Å². The van der Waals surface area contributed by atoms with E-state index < -0.39 is 17.8 Å². The fourth-order valence-corrected chi connectivity index (χ4v) is 3.97. The highest BCUT2D eigenvalue weighted by molar-refractivity contribution is 5.75. The van der Waals surface area contributed by atoms with E-state index in [2.05, 4.69) is 4.98 Å². The van der Waals surface area contributed by atoms with Crippen molar-refractivity contribution in [2.24, 2.45) is 0 Å². The summed E-state index contributed by atoms with van der Waals surface area (Å²) < 4.78 is 45.4. The van der Waals surface area contributed by atoms with Gasteiger partial charge in [-0.1, -0.05) is 36.4 Å². The van der Waals surface area contributed by atoms with E-state index in [1.807, 2.05) is 30.3 Å². The summed E-state index contributed by atoms with van der Waals surface area (Å²) in [5, 5.41) is 0. The topological polar surface area (TPSA) is 42.4 Å². The lowest BCUT2D eigenvalue weighted by atomic mass is 9.95. The number of rotatable bonds is 3. The zero-order valence-electron chi connectivity index (χ0n) is 15.0. The number of alkyl halides is 3. The fraction of sp³-hybridized carbons (Fsp3) is 0.333. The van der Waals surface area contributed by atoms with E-state index in [4.69, 9.17) is 4.74 Å². The van der Waals surface area contributed by atoms with Crippen LogP contribution < -0.4 is 0 Å². The fourth-order valence-electron chi connectivity index (χ4n) is 3.97. The lowest BCUT2D eigenvalue weighted by Gasteiger charge is -2.33. The Bertz CT molecular complexity index is 896. The van der Waals surface area contributed by atoms with Gasteiger partial charge in [-0.25, -0.2) is 4.79 Å². The van der Waals surface area contributed by atoms with E-state index in [0.717, 1.165) is 18.1 Å². The zero-order valence-corrected chi connectivity index (χ0v) is 15.0. The number of fused-ring (bicyclic) bond motifs is 2. The second-order valence-electron chi connectivity index (χ2n) is 7.04. The van der Waals surface area contributed by atoms with Crippen molar-refractivity contribution in [2.45, 2.75) is 44.1 Å². The van der Waals surface area contributed by atoms with Gasteiger partial charge in [-0.15, -0.1) is 0 Å². The van der Waals surface area contributed by atoms with Crippen LogP contribution in [0.1, 0.15) is 36.1 Å². The first-order chi connectivity index (χ1) is 13.4. The minimum absolute atomic E-state index is 0.0378. The highest BCUT2D eigenvalue weighted by atomic mass is 19.4. The second kappa shape index (κ2) is 7.30. The van der Waals surface area contributed by atoms with Gasteiger partial charge in [0.2, 0.25) is 0 Å². The molecule has 2 aliphatic heterocycles. The Balaban J connectivity index is 1.52. The summed E-state index contributed by atoms with van der Waals surface area (Å²) in [7, 11) is 0. The zero-order chi connectivity index (χ0) is 19.7. The SMILES string of the molecule is O=C(OCc1ccccc1)N1C2C=C(c3ncccc3C(F)(F)F)CC1CC2. The number of carbonyl (C=O) groups excluding carboxylic acids is 1. The van der Waals surface area contributed by atoms with Crippen molar-refractivity contribution in [2.75, 3.05) is 0 Å². The Morgan fingerprint density at radius 3 is 2.64 bits per heavy atom. The number of amides is 1. The molecule has 0 radical (unpaired) electrons. The summed E-state index contributed by atoms with van der Waals surface area (Å²) in [6, 6.07) is 11.3. The molecule has 146 valence electrons. The van der Waals surface area contributed by atoms with E-state index in [0.29, 0.717) is 18.4 Å². The third-order valence-electron chi connectivity index (χ3n) is 5.23. The Morgan fingerprint density at radius 2 is 1.93 bits per heavy atom. The summed E-state index contributed by atoms with van der Waals surface area (Å²) in [5.41, 5.74) is 0.664. The molecule has 2 bridgehead atoms. The molecule has 0 N–H and O–H groups in total. The van der Waals surface area contributed by atoms with Crippen molar-refractivity contribution in [1.82, 2.24) is 9.88 Å². The number of hydrogen-bond donors (Lipinski definition) is 0. The molecule has 0 spiro atoms. The lowest BCUT2D eigenvalue weighted by molar-refractivity contribution is -0.138. The van der Waals surface area contributed by atoms with Gasteiger partial charge >= 0.3 is 12.3 Å². The Labute approximate surface area is 160 Å². The molecule has 1 fully saturated rings. The van der Waals surface area contributed by atoms with Crippen LogP contribution in [0.25, 0.3) is 5.57 Å². The van der Waals surface area contributed by atoms with Crippen molar-refractivity contribution in [3.8, 4) is 0 Å². The number of carbonyl (C=O) groups is 1. The van der Waals surface area contributed by atoms with Crippen LogP contribution in [0.2, 0.25) is 0 Å². The van der Waals surface area contributed by atoms with E-state index in [1.54, 1.807) is 11.0 Å². The molecule has 2 aliphatic rings. The quantitative estimate of drug-likeness (QED) is 0.738. The van der Waals surface area contributed by atoms with Crippen molar-refractivity contribution < 1.29 is 22.7 Å². The largest absolute Gasteiger partial charge is 0.445 e. The highest BCUT2D eigenvalue weighted by Gasteiger charge is 2.43. The predicted molar refractivity (Wildman–Crippen MR) is 97.1 cm³/mol. The van der Waals surface area contributed by atoms with E-state index in [9.17, 15) is 18.0 Å². The number of halogens is 3. The number of nitrogens with zero attached hydrogens (tertiary/aromatic N) is 2. The average Bonchev–Trinajstić information content (AvgIpc) is 2.96. The Hall–Kier alpha value is -2.83. The van der Waals surface area contributed by atoms with Crippen molar-refractivity contribution in [3.63, 3.8) is 0 Å². The first-order valence-electron chi connectivity index (χ1n) is 9.16. The molecule has 4 rings (SSSR count). The highest BCUT2D eigenvalue weighted by Crippen LogP contribution is 2.42. The number of aromatic nitrogens is 1. The van der Waals surface area contributed by atoms with Crippen molar-refractivity contribution in [1.29, 1.82) is 0 Å². The van der Waals surface area contributed by atoms with Gasteiger partial charge in [-0.3, -0.25) is 9.88 Å². The van der Waals surface area contributed by atoms with Gasteiger partial charge < -0.3 is 4.74 Å². The molecule has 2 aromatic rings. The Kier molecular flexibility index (Phi) is 4.83. The van der Waals surface area contributed by atoms with Crippen LogP contribution in [0.15, 0.2) is 54.7 Å². The summed E-state index contributed by atoms with van der Waals surface area (Å²) in [6.45, 7) is 0.171. The minimum Gasteiger partial charge on any atom is -0.445 e. The van der Waals surface area contributed by atoms with Crippen molar-refractivity contribution in [3.05, 3.63) is 71.6 Å². The van der Waals surface area contributed by atoms with Gasteiger partial charge in [0.25, 0.3) is 0 Å². The summed E-state index contributed by atoms with van der Waals surface area (Å²) in [4.78, 5) is 18.2. The van der Waals surface area contributed by atoms with Gasteiger partial charge in [0.05, 0.1) is 17.3 Å². The third kappa shape index (κ3) is 3.61. The molecular weight excluding hydrogens is 369 g/mol. The van der Waals surface area contributed by atoms with Crippen molar-refractivity contribution >= 4 is 11.7 Å².